The van der Waals surface area contributed by atoms with Gasteiger partial charge in [-0.1, -0.05) is 41.6 Å². The number of amides is 1. The minimum Gasteiger partial charge on any atom is -0.379 e. The second kappa shape index (κ2) is 10.8. The molecular formula is C25H31N3O3S. The molecule has 0 fully saturated rings. The third kappa shape index (κ3) is 5.99. The molecule has 0 bridgehead atoms. The highest BCUT2D eigenvalue weighted by molar-refractivity contribution is 7.99. The lowest BCUT2D eigenvalue weighted by Crippen LogP contribution is -2.25. The number of carbonyl (C=O) groups excluding carboxylic acids is 1. The van der Waals surface area contributed by atoms with Gasteiger partial charge in [0.05, 0.1) is 22.8 Å². The van der Waals surface area contributed by atoms with Gasteiger partial charge >= 0.3 is 0 Å². The number of nitrogens with zero attached hydrogens (tertiary/aromatic N) is 2. The standard InChI is InChI=1S/C25H31N3O3S/c1-16(2)31-12-8-11-28-24(30)20-9-6-7-10-21(20)26-25(28)32-15-22(29)27-23-18(4)13-17(3)14-19(23)5/h6-7,9-10,13-14,16H,8,11-12,15H2,1-5H3,(H,27,29). The average Bonchev–Trinajstić information content (AvgIpc) is 2.73. The first-order valence-electron chi connectivity index (χ1n) is 10.9. The number of carbonyl (C=O) groups is 1. The second-order valence-corrected chi connectivity index (χ2v) is 9.19. The number of nitrogens with one attached hydrogen (secondary N) is 1. The van der Waals surface area contributed by atoms with Gasteiger partial charge < -0.3 is 10.1 Å². The lowest BCUT2D eigenvalue weighted by molar-refractivity contribution is -0.113. The van der Waals surface area contributed by atoms with E-state index in [1.807, 2.05) is 52.8 Å². The Balaban J connectivity index is 1.78. The Kier molecular flexibility index (Phi) is 8.10. The van der Waals surface area contributed by atoms with Gasteiger partial charge in [0.15, 0.2) is 5.16 Å². The Hall–Kier alpha value is -2.64. The summed E-state index contributed by atoms with van der Waals surface area (Å²) in [5, 5.41) is 4.14. The van der Waals surface area contributed by atoms with E-state index >= 15 is 0 Å². The van der Waals surface area contributed by atoms with Gasteiger partial charge in [0.1, 0.15) is 0 Å². The molecule has 0 radical (unpaired) electrons. The van der Waals surface area contributed by atoms with Gasteiger partial charge in [0.25, 0.3) is 5.56 Å². The highest BCUT2D eigenvalue weighted by atomic mass is 32.2. The van der Waals surface area contributed by atoms with Crippen LogP contribution in [0.4, 0.5) is 5.69 Å². The summed E-state index contributed by atoms with van der Waals surface area (Å²) in [5.41, 5.74) is 4.63. The number of hydrogen-bond donors (Lipinski definition) is 1. The number of hydrogen-bond acceptors (Lipinski definition) is 5. The molecule has 1 amide bonds. The zero-order chi connectivity index (χ0) is 23.3. The summed E-state index contributed by atoms with van der Waals surface area (Å²) >= 11 is 1.28. The molecular weight excluding hydrogens is 422 g/mol. The van der Waals surface area contributed by atoms with E-state index in [9.17, 15) is 9.59 Å². The van der Waals surface area contributed by atoms with Crippen molar-refractivity contribution in [3.8, 4) is 0 Å². The molecule has 1 aromatic heterocycles. The van der Waals surface area contributed by atoms with Crippen LogP contribution >= 0.6 is 11.8 Å². The summed E-state index contributed by atoms with van der Waals surface area (Å²) in [6.45, 7) is 11.0. The van der Waals surface area contributed by atoms with Crippen LogP contribution in [0.3, 0.4) is 0 Å². The molecule has 0 aliphatic rings. The number of rotatable bonds is 9. The van der Waals surface area contributed by atoms with Crippen LogP contribution in [-0.2, 0) is 16.1 Å². The second-order valence-electron chi connectivity index (χ2n) is 8.25. The molecule has 3 aromatic rings. The molecule has 0 saturated heterocycles. The van der Waals surface area contributed by atoms with Crippen molar-refractivity contribution in [3.63, 3.8) is 0 Å². The molecule has 1 N–H and O–H groups in total. The molecule has 6 nitrogen and oxygen atoms in total. The van der Waals surface area contributed by atoms with Crippen LogP contribution in [0, 0.1) is 20.8 Å². The molecule has 0 atom stereocenters. The minimum absolute atomic E-state index is 0.0896. The predicted octanol–water partition coefficient (Wildman–Crippen LogP) is 4.87. The Morgan fingerprint density at radius 3 is 2.53 bits per heavy atom. The molecule has 170 valence electrons. The smallest absolute Gasteiger partial charge is 0.262 e. The quantitative estimate of drug-likeness (QED) is 0.284. The number of thioether (sulfide) groups is 1. The number of aryl methyl sites for hydroxylation is 3. The molecule has 7 heteroatoms. The Bertz CT molecular complexity index is 1150. The lowest BCUT2D eigenvalue weighted by atomic mass is 10.1. The summed E-state index contributed by atoms with van der Waals surface area (Å²) in [6.07, 6.45) is 0.840. The first-order valence-corrected chi connectivity index (χ1v) is 11.9. The van der Waals surface area contributed by atoms with Gasteiger partial charge in [-0.3, -0.25) is 14.2 Å². The number of benzene rings is 2. The van der Waals surface area contributed by atoms with Crippen LogP contribution in [0.1, 0.15) is 37.0 Å². The topological polar surface area (TPSA) is 73.2 Å². The molecule has 0 spiro atoms. The number of fused-ring (bicyclic) bond motifs is 1. The number of ether oxygens (including phenoxy) is 1. The number of aromatic nitrogens is 2. The van der Waals surface area contributed by atoms with Gasteiger partial charge in [-0.25, -0.2) is 4.98 Å². The maximum atomic E-state index is 13.1. The van der Waals surface area contributed by atoms with Crippen molar-refractivity contribution in [2.45, 2.75) is 58.8 Å². The SMILES string of the molecule is Cc1cc(C)c(NC(=O)CSc2nc3ccccc3c(=O)n2CCCOC(C)C)c(C)c1. The van der Waals surface area contributed by atoms with Crippen molar-refractivity contribution in [2.75, 3.05) is 17.7 Å². The normalized spacial score (nSPS) is 11.3. The van der Waals surface area contributed by atoms with E-state index in [-0.39, 0.29) is 23.3 Å². The summed E-state index contributed by atoms with van der Waals surface area (Å²) < 4.78 is 7.28. The van der Waals surface area contributed by atoms with Crippen molar-refractivity contribution in [1.82, 2.24) is 9.55 Å². The van der Waals surface area contributed by atoms with Gasteiger partial charge in [0.2, 0.25) is 5.91 Å². The van der Waals surface area contributed by atoms with Gasteiger partial charge in [-0.05, 0) is 64.3 Å². The van der Waals surface area contributed by atoms with Crippen LogP contribution in [-0.4, -0.2) is 33.9 Å². The van der Waals surface area contributed by atoms with Crippen molar-refractivity contribution >= 4 is 34.3 Å². The van der Waals surface area contributed by atoms with E-state index in [0.717, 1.165) is 16.8 Å². The van der Waals surface area contributed by atoms with Crippen LogP contribution in [0.25, 0.3) is 10.9 Å². The molecule has 0 saturated carbocycles. The third-order valence-electron chi connectivity index (χ3n) is 5.08. The summed E-state index contributed by atoms with van der Waals surface area (Å²) in [4.78, 5) is 30.5. The molecule has 3 rings (SSSR count). The average molecular weight is 454 g/mol. The van der Waals surface area contributed by atoms with Gasteiger partial charge in [-0.15, -0.1) is 0 Å². The van der Waals surface area contributed by atoms with E-state index in [2.05, 4.69) is 22.4 Å². The van der Waals surface area contributed by atoms with E-state index < -0.39 is 0 Å². The Labute approximate surface area is 193 Å². The highest BCUT2D eigenvalue weighted by Gasteiger charge is 2.14. The predicted molar refractivity (Wildman–Crippen MR) is 132 cm³/mol. The summed E-state index contributed by atoms with van der Waals surface area (Å²) in [6, 6.07) is 11.4. The summed E-state index contributed by atoms with van der Waals surface area (Å²) in [5.74, 6) is 0.0437. The van der Waals surface area contributed by atoms with Gasteiger partial charge in [-0.2, -0.15) is 0 Å². The zero-order valence-electron chi connectivity index (χ0n) is 19.4. The van der Waals surface area contributed by atoms with Crippen LogP contribution < -0.4 is 10.9 Å². The highest BCUT2D eigenvalue weighted by Crippen LogP contribution is 2.23. The number of para-hydroxylation sites is 1. The van der Waals surface area contributed by atoms with Crippen molar-refractivity contribution < 1.29 is 9.53 Å². The Morgan fingerprint density at radius 2 is 1.84 bits per heavy atom. The maximum Gasteiger partial charge on any atom is 0.262 e. The van der Waals surface area contributed by atoms with Crippen LogP contribution in [0.5, 0.6) is 0 Å². The van der Waals surface area contributed by atoms with E-state index in [0.29, 0.717) is 35.6 Å². The minimum atomic E-state index is -0.123. The first kappa shape index (κ1) is 24.0. The molecule has 1 heterocycles. The van der Waals surface area contributed by atoms with Crippen molar-refractivity contribution in [1.29, 1.82) is 0 Å². The maximum absolute atomic E-state index is 13.1. The monoisotopic (exact) mass is 453 g/mol. The van der Waals surface area contributed by atoms with E-state index in [1.165, 1.54) is 17.3 Å². The molecule has 2 aromatic carbocycles. The fourth-order valence-corrected chi connectivity index (χ4v) is 4.50. The molecule has 32 heavy (non-hydrogen) atoms. The zero-order valence-corrected chi connectivity index (χ0v) is 20.2. The van der Waals surface area contributed by atoms with Gasteiger partial charge in [0, 0.05) is 18.8 Å². The fraction of sp³-hybridized carbons (Fsp3) is 0.400. The van der Waals surface area contributed by atoms with Crippen molar-refractivity contribution in [3.05, 3.63) is 63.4 Å². The van der Waals surface area contributed by atoms with Crippen LogP contribution in [0.15, 0.2) is 46.3 Å². The first-order chi connectivity index (χ1) is 15.3. The molecule has 0 unspecified atom stereocenters. The molecule has 0 aliphatic carbocycles. The number of anilines is 1. The Morgan fingerprint density at radius 1 is 1.16 bits per heavy atom. The third-order valence-corrected chi connectivity index (χ3v) is 6.05. The largest absolute Gasteiger partial charge is 0.379 e. The van der Waals surface area contributed by atoms with Crippen molar-refractivity contribution in [2.24, 2.45) is 0 Å². The van der Waals surface area contributed by atoms with E-state index in [1.54, 1.807) is 10.6 Å². The molecule has 0 aliphatic heterocycles. The van der Waals surface area contributed by atoms with Crippen LogP contribution in [0.2, 0.25) is 0 Å². The summed E-state index contributed by atoms with van der Waals surface area (Å²) in [7, 11) is 0. The van der Waals surface area contributed by atoms with E-state index in [4.69, 9.17) is 4.74 Å². The fourth-order valence-electron chi connectivity index (χ4n) is 3.68. The lowest BCUT2D eigenvalue weighted by Gasteiger charge is -2.15.